The van der Waals surface area contributed by atoms with E-state index in [9.17, 15) is 0 Å². The molecule has 2 N–H and O–H groups in total. The zero-order chi connectivity index (χ0) is 13.0. The van der Waals surface area contributed by atoms with E-state index in [0.29, 0.717) is 6.04 Å². The Balaban J connectivity index is 2.05. The molecule has 1 aromatic rings. The first-order chi connectivity index (χ1) is 8.68. The summed E-state index contributed by atoms with van der Waals surface area (Å²) in [6.45, 7) is 1.97. The van der Waals surface area contributed by atoms with E-state index in [4.69, 9.17) is 5.73 Å². The minimum absolute atomic E-state index is 0.0160. The van der Waals surface area contributed by atoms with Crippen molar-refractivity contribution < 1.29 is 0 Å². The van der Waals surface area contributed by atoms with Gasteiger partial charge in [0.05, 0.1) is 17.6 Å². The van der Waals surface area contributed by atoms with Crippen molar-refractivity contribution in [2.75, 3.05) is 11.9 Å². The maximum absolute atomic E-state index is 5.83. The lowest BCUT2D eigenvalue weighted by molar-refractivity contribution is 0.552. The molecule has 1 fully saturated rings. The summed E-state index contributed by atoms with van der Waals surface area (Å²) >= 11 is 0. The van der Waals surface area contributed by atoms with Gasteiger partial charge in [-0.2, -0.15) is 0 Å². The lowest BCUT2D eigenvalue weighted by Gasteiger charge is -2.29. The van der Waals surface area contributed by atoms with Crippen molar-refractivity contribution in [2.45, 2.75) is 57.5 Å². The first-order valence-electron chi connectivity index (χ1n) is 7.13. The van der Waals surface area contributed by atoms with Gasteiger partial charge >= 0.3 is 0 Å². The van der Waals surface area contributed by atoms with E-state index in [-0.39, 0.29) is 6.04 Å². The molecule has 1 heterocycles. The standard InChI is InChI=1S/C15H25N3/c1-12(16)15-10-9-14(11-17-15)18(2)13-7-5-3-4-6-8-13/h9-13H,3-8,16H2,1-2H3/t12-/m0/s1. The van der Waals surface area contributed by atoms with Gasteiger partial charge in [0.15, 0.2) is 0 Å². The molecule has 3 heteroatoms. The normalized spacial score (nSPS) is 19.3. The smallest absolute Gasteiger partial charge is 0.0569 e. The van der Waals surface area contributed by atoms with Crippen molar-refractivity contribution in [3.63, 3.8) is 0 Å². The fourth-order valence-corrected chi connectivity index (χ4v) is 2.73. The molecule has 0 unspecified atom stereocenters. The molecule has 1 aliphatic carbocycles. The molecule has 0 radical (unpaired) electrons. The third-order valence-electron chi connectivity index (χ3n) is 4.02. The SMILES string of the molecule is C[C@H](N)c1ccc(N(C)C2CCCCCC2)cn1. The molecule has 2 rings (SSSR count). The second kappa shape index (κ2) is 6.19. The Kier molecular flexibility index (Phi) is 4.59. The van der Waals surface area contributed by atoms with Crippen LogP contribution in [-0.4, -0.2) is 18.1 Å². The molecule has 1 aromatic heterocycles. The Morgan fingerprint density at radius 1 is 1.22 bits per heavy atom. The van der Waals surface area contributed by atoms with Gasteiger partial charge in [-0.3, -0.25) is 4.98 Å². The molecule has 1 aliphatic rings. The van der Waals surface area contributed by atoms with E-state index in [2.05, 4.69) is 23.0 Å². The van der Waals surface area contributed by atoms with Gasteiger partial charge in [0.25, 0.3) is 0 Å². The minimum atomic E-state index is 0.0160. The van der Waals surface area contributed by atoms with Crippen LogP contribution in [0.15, 0.2) is 18.3 Å². The van der Waals surface area contributed by atoms with Crippen molar-refractivity contribution >= 4 is 5.69 Å². The molecule has 0 saturated heterocycles. The summed E-state index contributed by atoms with van der Waals surface area (Å²) in [5.74, 6) is 0. The van der Waals surface area contributed by atoms with Crippen LogP contribution in [0.25, 0.3) is 0 Å². The average Bonchev–Trinajstić information content (AvgIpc) is 2.67. The molecule has 100 valence electrons. The van der Waals surface area contributed by atoms with Gasteiger partial charge in [0.2, 0.25) is 0 Å². The lowest BCUT2D eigenvalue weighted by Crippen LogP contribution is -2.31. The summed E-state index contributed by atoms with van der Waals surface area (Å²) < 4.78 is 0. The van der Waals surface area contributed by atoms with E-state index in [1.807, 2.05) is 19.2 Å². The second-order valence-corrected chi connectivity index (χ2v) is 5.49. The summed E-state index contributed by atoms with van der Waals surface area (Å²) in [7, 11) is 2.19. The molecular formula is C15H25N3. The van der Waals surface area contributed by atoms with Gasteiger partial charge in [0, 0.05) is 19.1 Å². The quantitative estimate of drug-likeness (QED) is 0.834. The fourth-order valence-electron chi connectivity index (χ4n) is 2.73. The van der Waals surface area contributed by atoms with E-state index >= 15 is 0 Å². The van der Waals surface area contributed by atoms with Crippen LogP contribution in [0.2, 0.25) is 0 Å². The van der Waals surface area contributed by atoms with Crippen LogP contribution in [0.4, 0.5) is 5.69 Å². The number of hydrogen-bond donors (Lipinski definition) is 1. The number of rotatable bonds is 3. The highest BCUT2D eigenvalue weighted by Gasteiger charge is 2.17. The Morgan fingerprint density at radius 2 is 1.89 bits per heavy atom. The molecule has 18 heavy (non-hydrogen) atoms. The van der Waals surface area contributed by atoms with Crippen LogP contribution >= 0.6 is 0 Å². The molecule has 0 bridgehead atoms. The number of anilines is 1. The third kappa shape index (κ3) is 3.22. The van der Waals surface area contributed by atoms with Crippen molar-refractivity contribution in [1.82, 2.24) is 4.98 Å². The number of nitrogens with zero attached hydrogens (tertiary/aromatic N) is 2. The van der Waals surface area contributed by atoms with Crippen LogP contribution in [0.5, 0.6) is 0 Å². The van der Waals surface area contributed by atoms with Crippen LogP contribution < -0.4 is 10.6 Å². The first-order valence-corrected chi connectivity index (χ1v) is 7.13. The Bertz CT molecular complexity index is 351. The predicted octanol–water partition coefficient (Wildman–Crippen LogP) is 3.26. The van der Waals surface area contributed by atoms with Gasteiger partial charge in [-0.1, -0.05) is 25.7 Å². The first kappa shape index (κ1) is 13.3. The Morgan fingerprint density at radius 3 is 2.39 bits per heavy atom. The molecular weight excluding hydrogens is 222 g/mol. The molecule has 3 nitrogen and oxygen atoms in total. The van der Waals surface area contributed by atoms with E-state index < -0.39 is 0 Å². The van der Waals surface area contributed by atoms with Gasteiger partial charge in [0.1, 0.15) is 0 Å². The zero-order valence-electron chi connectivity index (χ0n) is 11.6. The predicted molar refractivity (Wildman–Crippen MR) is 76.7 cm³/mol. The summed E-state index contributed by atoms with van der Waals surface area (Å²) in [5, 5.41) is 0. The van der Waals surface area contributed by atoms with Crippen LogP contribution in [0.1, 0.15) is 57.2 Å². The van der Waals surface area contributed by atoms with Gasteiger partial charge in [-0.25, -0.2) is 0 Å². The summed E-state index contributed by atoms with van der Waals surface area (Å²) in [6, 6.07) is 4.89. The number of nitrogens with two attached hydrogens (primary N) is 1. The molecule has 0 spiro atoms. The maximum Gasteiger partial charge on any atom is 0.0569 e. The van der Waals surface area contributed by atoms with Crippen molar-refractivity contribution in [2.24, 2.45) is 5.73 Å². The van der Waals surface area contributed by atoms with Gasteiger partial charge in [-0.05, 0) is 31.9 Å². The number of hydrogen-bond acceptors (Lipinski definition) is 3. The Hall–Kier alpha value is -1.09. The number of pyridine rings is 1. The zero-order valence-corrected chi connectivity index (χ0v) is 11.6. The molecule has 0 aromatic carbocycles. The van der Waals surface area contributed by atoms with Crippen LogP contribution in [-0.2, 0) is 0 Å². The molecule has 1 atom stereocenters. The maximum atomic E-state index is 5.83. The highest BCUT2D eigenvalue weighted by Crippen LogP contribution is 2.25. The highest BCUT2D eigenvalue weighted by atomic mass is 15.1. The number of aromatic nitrogens is 1. The van der Waals surface area contributed by atoms with Crippen molar-refractivity contribution in [3.8, 4) is 0 Å². The van der Waals surface area contributed by atoms with Gasteiger partial charge in [-0.15, -0.1) is 0 Å². The van der Waals surface area contributed by atoms with Crippen molar-refractivity contribution in [1.29, 1.82) is 0 Å². The lowest BCUT2D eigenvalue weighted by atomic mass is 10.1. The summed E-state index contributed by atoms with van der Waals surface area (Å²) in [5.41, 5.74) is 8.01. The molecule has 1 saturated carbocycles. The summed E-state index contributed by atoms with van der Waals surface area (Å²) in [4.78, 5) is 6.84. The monoisotopic (exact) mass is 247 g/mol. The van der Waals surface area contributed by atoms with Gasteiger partial charge < -0.3 is 10.6 Å². The average molecular weight is 247 g/mol. The van der Waals surface area contributed by atoms with Crippen LogP contribution in [0, 0.1) is 0 Å². The van der Waals surface area contributed by atoms with Crippen LogP contribution in [0.3, 0.4) is 0 Å². The molecule has 0 amide bonds. The third-order valence-corrected chi connectivity index (χ3v) is 4.02. The van der Waals surface area contributed by atoms with E-state index in [0.717, 1.165) is 5.69 Å². The second-order valence-electron chi connectivity index (χ2n) is 5.49. The largest absolute Gasteiger partial charge is 0.370 e. The minimum Gasteiger partial charge on any atom is -0.370 e. The fraction of sp³-hybridized carbons (Fsp3) is 0.667. The molecule has 0 aliphatic heterocycles. The summed E-state index contributed by atoms with van der Waals surface area (Å²) in [6.07, 6.45) is 10.1. The highest BCUT2D eigenvalue weighted by molar-refractivity contribution is 5.45. The topological polar surface area (TPSA) is 42.1 Å². The van der Waals surface area contributed by atoms with Crippen molar-refractivity contribution in [3.05, 3.63) is 24.0 Å². The van der Waals surface area contributed by atoms with E-state index in [1.54, 1.807) is 0 Å². The van der Waals surface area contributed by atoms with E-state index in [1.165, 1.54) is 44.2 Å². The Labute approximate surface area is 110 Å².